The normalized spacial score (nSPS) is 29.0. The highest BCUT2D eigenvalue weighted by molar-refractivity contribution is 6.03. The lowest BCUT2D eigenvalue weighted by Gasteiger charge is -2.33. The molecule has 46 heavy (non-hydrogen) atoms. The fourth-order valence-corrected chi connectivity index (χ4v) is 7.91. The molecule has 1 saturated carbocycles. The van der Waals surface area contributed by atoms with Crippen molar-refractivity contribution in [2.24, 2.45) is 5.92 Å². The number of nitrogens with zero attached hydrogens (tertiary/aromatic N) is 5. The van der Waals surface area contributed by atoms with Crippen molar-refractivity contribution < 1.29 is 27.0 Å². The van der Waals surface area contributed by atoms with E-state index in [1.54, 1.807) is 11.0 Å². The van der Waals surface area contributed by atoms with Gasteiger partial charge in [0.05, 0.1) is 35.7 Å². The molecule has 8 rings (SSSR count). The molecule has 2 N–H and O–H groups in total. The number of hydrogen-bond acceptors (Lipinski definition) is 8. The van der Waals surface area contributed by atoms with Crippen LogP contribution < -0.4 is 15.4 Å². The van der Waals surface area contributed by atoms with Crippen molar-refractivity contribution in [2.75, 3.05) is 43.5 Å². The number of nitrogens with two attached hydrogens (primary N) is 1. The van der Waals surface area contributed by atoms with Gasteiger partial charge in [-0.2, -0.15) is 9.97 Å². The SMILES string of the molecule is C#Cc1c(F)ccc2cc(N)cc(-c3ncc4c(N5CCOC[C@H]6[C@H](F)[C@H]65)nc(OC[C@@]56CC[C@H](C)N5C[C@H](F)C6)nc4c3F)c12. The largest absolute Gasteiger partial charge is 0.461 e. The van der Waals surface area contributed by atoms with E-state index in [2.05, 4.69) is 32.7 Å². The number of pyridine rings is 1. The maximum atomic E-state index is 16.8. The number of terminal acetylenes is 1. The molecule has 8 nitrogen and oxygen atoms in total. The molecule has 3 aliphatic heterocycles. The Morgan fingerprint density at radius 2 is 2.07 bits per heavy atom. The molecule has 0 unspecified atom stereocenters. The molecule has 238 valence electrons. The second-order valence-electron chi connectivity index (χ2n) is 13.0. The summed E-state index contributed by atoms with van der Waals surface area (Å²) in [6.07, 6.45) is 7.00. The van der Waals surface area contributed by atoms with E-state index < -0.39 is 35.6 Å². The monoisotopic (exact) mass is 632 g/mol. The number of alkyl halides is 2. The van der Waals surface area contributed by atoms with E-state index in [0.717, 1.165) is 12.8 Å². The molecule has 0 bridgehead atoms. The molecule has 2 aromatic heterocycles. The molecule has 3 saturated heterocycles. The minimum Gasteiger partial charge on any atom is -0.461 e. The van der Waals surface area contributed by atoms with Crippen LogP contribution in [0.2, 0.25) is 0 Å². The summed E-state index contributed by atoms with van der Waals surface area (Å²) < 4.78 is 73.1. The lowest BCUT2D eigenvalue weighted by Crippen LogP contribution is -2.46. The minimum absolute atomic E-state index is 0.0446. The summed E-state index contributed by atoms with van der Waals surface area (Å²) >= 11 is 0. The molecule has 6 atom stereocenters. The van der Waals surface area contributed by atoms with Crippen molar-refractivity contribution in [1.29, 1.82) is 0 Å². The average molecular weight is 633 g/mol. The molecular weight excluding hydrogens is 600 g/mol. The van der Waals surface area contributed by atoms with E-state index >= 15 is 4.39 Å². The molecule has 1 aliphatic carbocycles. The maximum Gasteiger partial charge on any atom is 0.319 e. The summed E-state index contributed by atoms with van der Waals surface area (Å²) in [6.45, 7) is 3.46. The van der Waals surface area contributed by atoms with Crippen molar-refractivity contribution in [2.45, 2.75) is 56.2 Å². The second kappa shape index (κ2) is 10.7. The van der Waals surface area contributed by atoms with Gasteiger partial charge in [-0.25, -0.2) is 17.6 Å². The first kappa shape index (κ1) is 29.2. The zero-order valence-electron chi connectivity index (χ0n) is 25.1. The van der Waals surface area contributed by atoms with Crippen LogP contribution in [0.5, 0.6) is 6.01 Å². The third kappa shape index (κ3) is 4.47. The quantitative estimate of drug-likeness (QED) is 0.183. The summed E-state index contributed by atoms with van der Waals surface area (Å²) in [6, 6.07) is 5.49. The van der Waals surface area contributed by atoms with E-state index in [1.807, 2.05) is 0 Å². The number of hydrogen-bond donors (Lipinski definition) is 1. The van der Waals surface area contributed by atoms with E-state index in [1.165, 1.54) is 24.4 Å². The first-order chi connectivity index (χ1) is 22.2. The average Bonchev–Trinajstić information content (AvgIpc) is 3.51. The van der Waals surface area contributed by atoms with Gasteiger partial charge in [-0.15, -0.1) is 6.42 Å². The molecule has 12 heteroatoms. The first-order valence-electron chi connectivity index (χ1n) is 15.6. The van der Waals surface area contributed by atoms with Gasteiger partial charge in [0.1, 0.15) is 41.8 Å². The van der Waals surface area contributed by atoms with Crippen molar-refractivity contribution in [3.05, 3.63) is 47.7 Å². The topological polar surface area (TPSA) is 89.6 Å². The lowest BCUT2D eigenvalue weighted by atomic mass is 9.95. The molecule has 4 aromatic rings. The Morgan fingerprint density at radius 3 is 2.89 bits per heavy atom. The number of ether oxygens (including phenoxy) is 2. The summed E-state index contributed by atoms with van der Waals surface area (Å²) in [5, 5.41) is 1.06. The molecular formula is C34H32F4N6O2. The third-order valence-electron chi connectivity index (χ3n) is 10.2. The maximum absolute atomic E-state index is 16.8. The fraction of sp³-hybridized carbons (Fsp3) is 0.441. The van der Waals surface area contributed by atoms with Crippen molar-refractivity contribution >= 4 is 33.2 Å². The minimum atomic E-state index is -1.13. The Hall–Kier alpha value is -4.21. The van der Waals surface area contributed by atoms with Gasteiger partial charge in [0, 0.05) is 54.3 Å². The molecule has 0 amide bonds. The Bertz CT molecular complexity index is 1940. The van der Waals surface area contributed by atoms with Crippen molar-refractivity contribution in [3.63, 3.8) is 0 Å². The predicted octanol–water partition coefficient (Wildman–Crippen LogP) is 5.20. The standard InChI is InChI=1S/C34H32F4N6O2/c1-3-21-25(36)5-4-18-10-20(39)11-22(26(18)21)29-28(38)30-23(13-40-29)32(43-8-9-45-15-24-27(37)31(24)43)42-33(41-30)46-16-34-7-6-17(2)44(34)14-19(35)12-34/h1,4-5,10-11,13,17,19,24,27,31H,6-9,12,14-16,39H2,2H3/t17-,19+,24-,27-,31-,34-/m0/s1. The number of halogens is 4. The van der Waals surface area contributed by atoms with E-state index in [4.69, 9.17) is 21.6 Å². The zero-order valence-corrected chi connectivity index (χ0v) is 25.1. The van der Waals surface area contributed by atoms with E-state index in [0.29, 0.717) is 37.2 Å². The predicted molar refractivity (Wildman–Crippen MR) is 166 cm³/mol. The van der Waals surface area contributed by atoms with Crippen LogP contribution in [-0.4, -0.2) is 82.7 Å². The van der Waals surface area contributed by atoms with Gasteiger partial charge in [0.2, 0.25) is 0 Å². The number of fused-ring (bicyclic) bond motifs is 4. The van der Waals surface area contributed by atoms with Crippen LogP contribution in [0.1, 0.15) is 31.7 Å². The van der Waals surface area contributed by atoms with Crippen LogP contribution in [-0.2, 0) is 4.74 Å². The zero-order chi connectivity index (χ0) is 31.9. The van der Waals surface area contributed by atoms with Crippen LogP contribution in [0.4, 0.5) is 29.1 Å². The van der Waals surface area contributed by atoms with Gasteiger partial charge < -0.3 is 20.1 Å². The molecule has 2 aromatic carbocycles. The van der Waals surface area contributed by atoms with Crippen LogP contribution in [0.3, 0.4) is 0 Å². The van der Waals surface area contributed by atoms with Crippen molar-refractivity contribution in [3.8, 4) is 29.6 Å². The summed E-state index contributed by atoms with van der Waals surface area (Å²) in [7, 11) is 0. The van der Waals surface area contributed by atoms with Gasteiger partial charge in [0.25, 0.3) is 0 Å². The lowest BCUT2D eigenvalue weighted by molar-refractivity contribution is 0.0889. The Labute approximate surface area is 262 Å². The molecule has 4 aliphatic rings. The van der Waals surface area contributed by atoms with Gasteiger partial charge in [-0.3, -0.25) is 9.88 Å². The first-order valence-corrected chi connectivity index (χ1v) is 15.6. The smallest absolute Gasteiger partial charge is 0.319 e. The van der Waals surface area contributed by atoms with Gasteiger partial charge in [-0.1, -0.05) is 12.0 Å². The highest BCUT2D eigenvalue weighted by Crippen LogP contribution is 2.46. The third-order valence-corrected chi connectivity index (χ3v) is 10.2. The fourth-order valence-electron chi connectivity index (χ4n) is 7.91. The number of benzene rings is 2. The Balaban J connectivity index is 1.29. The van der Waals surface area contributed by atoms with E-state index in [-0.39, 0.29) is 70.1 Å². The molecule has 5 heterocycles. The summed E-state index contributed by atoms with van der Waals surface area (Å²) in [5.74, 6) is 0.857. The molecule has 0 spiro atoms. The number of rotatable bonds is 5. The highest BCUT2D eigenvalue weighted by Gasteiger charge is 2.57. The van der Waals surface area contributed by atoms with Crippen LogP contribution >= 0.6 is 0 Å². The number of nitrogen functional groups attached to an aromatic ring is 1. The van der Waals surface area contributed by atoms with Crippen LogP contribution in [0.15, 0.2) is 30.5 Å². The highest BCUT2D eigenvalue weighted by atomic mass is 19.1. The summed E-state index contributed by atoms with van der Waals surface area (Å²) in [5.41, 5.74) is 5.88. The van der Waals surface area contributed by atoms with Gasteiger partial charge >= 0.3 is 6.01 Å². The Morgan fingerprint density at radius 1 is 1.22 bits per heavy atom. The molecule has 0 radical (unpaired) electrons. The number of anilines is 2. The van der Waals surface area contributed by atoms with Crippen LogP contribution in [0.25, 0.3) is 32.9 Å². The van der Waals surface area contributed by atoms with Gasteiger partial charge in [-0.05, 0) is 43.4 Å². The Kier molecular flexibility index (Phi) is 6.78. The second-order valence-corrected chi connectivity index (χ2v) is 13.0. The van der Waals surface area contributed by atoms with Crippen molar-refractivity contribution in [1.82, 2.24) is 19.9 Å². The summed E-state index contributed by atoms with van der Waals surface area (Å²) in [4.78, 5) is 17.6. The van der Waals surface area contributed by atoms with Gasteiger partial charge in [0.15, 0.2) is 5.82 Å². The number of aromatic nitrogens is 3. The van der Waals surface area contributed by atoms with Crippen LogP contribution in [0, 0.1) is 29.9 Å². The molecule has 4 fully saturated rings. The van der Waals surface area contributed by atoms with E-state index in [9.17, 15) is 13.2 Å².